The molecule has 1 aliphatic rings. The van der Waals surface area contributed by atoms with Gasteiger partial charge in [-0.05, 0) is 34.3 Å². The van der Waals surface area contributed by atoms with Gasteiger partial charge in [-0.15, -0.1) is 11.3 Å². The zero-order chi connectivity index (χ0) is 14.3. The van der Waals surface area contributed by atoms with E-state index in [2.05, 4.69) is 20.7 Å². The van der Waals surface area contributed by atoms with Crippen LogP contribution in [0.25, 0.3) is 0 Å². The molecule has 0 saturated carbocycles. The average Bonchev–Trinajstić information content (AvgIpc) is 2.81. The van der Waals surface area contributed by atoms with E-state index in [1.165, 1.54) is 6.07 Å². The fourth-order valence-electron chi connectivity index (χ4n) is 1.79. The molecule has 10 heteroatoms. The van der Waals surface area contributed by atoms with Gasteiger partial charge in [-0.2, -0.15) is 0 Å². The monoisotopic (exact) mass is 407 g/mol. The van der Waals surface area contributed by atoms with Crippen LogP contribution in [-0.4, -0.2) is 34.9 Å². The van der Waals surface area contributed by atoms with Crippen LogP contribution in [0, 0.1) is 5.92 Å². The maximum absolute atomic E-state index is 12.0. The summed E-state index contributed by atoms with van der Waals surface area (Å²) in [6, 6.07) is 1.37. The molecule has 1 N–H and O–H groups in total. The van der Waals surface area contributed by atoms with Crippen molar-refractivity contribution in [2.75, 3.05) is 18.1 Å². The lowest BCUT2D eigenvalue weighted by Gasteiger charge is -2.08. The summed E-state index contributed by atoms with van der Waals surface area (Å²) in [5.74, 6) is 0.0267. The van der Waals surface area contributed by atoms with Crippen LogP contribution in [0.1, 0.15) is 6.42 Å². The molecule has 1 saturated heterocycles. The third kappa shape index (κ3) is 3.92. The summed E-state index contributed by atoms with van der Waals surface area (Å²) in [4.78, 5) is 0. The van der Waals surface area contributed by atoms with Gasteiger partial charge in [0.15, 0.2) is 9.84 Å². The number of rotatable bonds is 4. The first-order valence-corrected chi connectivity index (χ1v) is 10.6. The molecule has 0 amide bonds. The first-order valence-electron chi connectivity index (χ1n) is 5.34. The molecular formula is C9H11BrClNO4S3. The van der Waals surface area contributed by atoms with Gasteiger partial charge in [0.2, 0.25) is 10.0 Å². The van der Waals surface area contributed by atoms with Crippen molar-refractivity contribution in [2.45, 2.75) is 10.6 Å². The molecule has 2 heterocycles. The Labute approximate surface area is 129 Å². The van der Waals surface area contributed by atoms with E-state index in [1.54, 1.807) is 0 Å². The van der Waals surface area contributed by atoms with Crippen LogP contribution in [0.2, 0.25) is 5.02 Å². The summed E-state index contributed by atoms with van der Waals surface area (Å²) in [5.41, 5.74) is 0. The van der Waals surface area contributed by atoms with Crippen molar-refractivity contribution in [2.24, 2.45) is 5.92 Å². The van der Waals surface area contributed by atoms with Crippen LogP contribution in [0.5, 0.6) is 0 Å². The molecule has 1 aromatic heterocycles. The molecule has 108 valence electrons. The molecule has 0 aliphatic carbocycles. The van der Waals surface area contributed by atoms with E-state index in [1.807, 2.05) is 0 Å². The second-order valence-electron chi connectivity index (χ2n) is 4.31. The standard InChI is InChI=1S/C9H11BrClNO4S3/c10-9-7(11)3-8(17-9)19(15,16)12-4-6-1-2-18(13,14)5-6/h3,6,12H,1-2,4-5H2. The van der Waals surface area contributed by atoms with E-state index in [9.17, 15) is 16.8 Å². The van der Waals surface area contributed by atoms with Gasteiger partial charge in [0.1, 0.15) is 4.21 Å². The summed E-state index contributed by atoms with van der Waals surface area (Å²) in [6.45, 7) is 0.134. The van der Waals surface area contributed by atoms with Gasteiger partial charge in [0.05, 0.1) is 20.3 Å². The van der Waals surface area contributed by atoms with E-state index >= 15 is 0 Å². The minimum absolute atomic E-state index is 0.0460. The third-order valence-electron chi connectivity index (χ3n) is 2.78. The number of nitrogens with one attached hydrogen (secondary N) is 1. The molecule has 0 bridgehead atoms. The van der Waals surface area contributed by atoms with Crippen molar-refractivity contribution in [3.8, 4) is 0 Å². The zero-order valence-corrected chi connectivity index (χ0v) is 14.4. The van der Waals surface area contributed by atoms with Crippen LogP contribution < -0.4 is 4.72 Å². The Morgan fingerprint density at radius 1 is 1.53 bits per heavy atom. The molecule has 2 rings (SSSR count). The predicted octanol–water partition coefficient (Wildman–Crippen LogP) is 1.88. The smallest absolute Gasteiger partial charge is 0.229 e. The summed E-state index contributed by atoms with van der Waals surface area (Å²) in [7, 11) is -6.62. The molecule has 0 aromatic carbocycles. The number of sulfone groups is 1. The highest BCUT2D eigenvalue weighted by atomic mass is 79.9. The lowest BCUT2D eigenvalue weighted by atomic mass is 10.1. The van der Waals surface area contributed by atoms with Crippen molar-refractivity contribution >= 4 is 58.7 Å². The number of hydrogen-bond donors (Lipinski definition) is 1. The van der Waals surface area contributed by atoms with Crippen LogP contribution in [0.3, 0.4) is 0 Å². The molecular weight excluding hydrogens is 398 g/mol. The largest absolute Gasteiger partial charge is 0.250 e. The van der Waals surface area contributed by atoms with Crippen LogP contribution in [-0.2, 0) is 19.9 Å². The highest BCUT2D eigenvalue weighted by Crippen LogP contribution is 2.34. The molecule has 0 radical (unpaired) electrons. The van der Waals surface area contributed by atoms with Crippen molar-refractivity contribution in [3.63, 3.8) is 0 Å². The number of hydrogen-bond acceptors (Lipinski definition) is 5. The van der Waals surface area contributed by atoms with Gasteiger partial charge in [0, 0.05) is 6.54 Å². The summed E-state index contributed by atoms with van der Waals surface area (Å²) in [5, 5.41) is 0.341. The van der Waals surface area contributed by atoms with Gasteiger partial charge in [0.25, 0.3) is 0 Å². The number of thiophene rings is 1. The lowest BCUT2D eigenvalue weighted by Crippen LogP contribution is -2.29. The van der Waals surface area contributed by atoms with Crippen molar-refractivity contribution in [1.29, 1.82) is 0 Å². The summed E-state index contributed by atoms with van der Waals surface area (Å²) in [6.07, 6.45) is 0.500. The number of halogens is 2. The Kier molecular flexibility index (Phi) is 4.64. The van der Waals surface area contributed by atoms with Crippen LogP contribution in [0.4, 0.5) is 0 Å². The molecule has 1 atom stereocenters. The zero-order valence-electron chi connectivity index (χ0n) is 9.60. The Hall–Kier alpha value is 0.330. The Morgan fingerprint density at radius 2 is 2.21 bits per heavy atom. The van der Waals surface area contributed by atoms with Gasteiger partial charge in [-0.1, -0.05) is 11.6 Å². The van der Waals surface area contributed by atoms with Crippen molar-refractivity contribution in [3.05, 3.63) is 14.9 Å². The maximum atomic E-state index is 12.0. The Balaban J connectivity index is 2.03. The molecule has 19 heavy (non-hydrogen) atoms. The van der Waals surface area contributed by atoms with Gasteiger partial charge >= 0.3 is 0 Å². The van der Waals surface area contributed by atoms with Gasteiger partial charge in [-0.25, -0.2) is 21.6 Å². The quantitative estimate of drug-likeness (QED) is 0.825. The lowest BCUT2D eigenvalue weighted by molar-refractivity contribution is 0.544. The summed E-state index contributed by atoms with van der Waals surface area (Å²) >= 11 is 9.97. The SMILES string of the molecule is O=S1(=O)CCC(CNS(=O)(=O)c2cc(Cl)c(Br)s2)C1. The van der Waals surface area contributed by atoms with E-state index < -0.39 is 19.9 Å². The molecule has 1 fully saturated rings. The maximum Gasteiger partial charge on any atom is 0.250 e. The molecule has 1 aromatic rings. The highest BCUT2D eigenvalue weighted by molar-refractivity contribution is 9.11. The first-order chi connectivity index (χ1) is 8.70. The normalized spacial score (nSPS) is 22.7. The van der Waals surface area contributed by atoms with Crippen LogP contribution in [0.15, 0.2) is 14.1 Å². The Morgan fingerprint density at radius 3 is 2.68 bits per heavy atom. The molecule has 1 unspecified atom stereocenters. The molecule has 0 spiro atoms. The van der Waals surface area contributed by atoms with E-state index in [0.29, 0.717) is 15.2 Å². The van der Waals surface area contributed by atoms with Gasteiger partial charge < -0.3 is 0 Å². The van der Waals surface area contributed by atoms with E-state index in [4.69, 9.17) is 11.6 Å². The average molecular weight is 409 g/mol. The van der Waals surface area contributed by atoms with Gasteiger partial charge in [-0.3, -0.25) is 0 Å². The fraction of sp³-hybridized carbons (Fsp3) is 0.556. The first kappa shape index (κ1) is 15.7. The number of sulfonamides is 1. The highest BCUT2D eigenvalue weighted by Gasteiger charge is 2.29. The van der Waals surface area contributed by atoms with E-state index in [-0.39, 0.29) is 28.2 Å². The van der Waals surface area contributed by atoms with Crippen molar-refractivity contribution in [1.82, 2.24) is 4.72 Å². The molecule has 1 aliphatic heterocycles. The molecule has 5 nitrogen and oxygen atoms in total. The second-order valence-corrected chi connectivity index (χ2v) is 11.3. The minimum Gasteiger partial charge on any atom is -0.229 e. The third-order valence-corrected chi connectivity index (χ3v) is 8.99. The van der Waals surface area contributed by atoms with Crippen LogP contribution >= 0.6 is 38.9 Å². The topological polar surface area (TPSA) is 80.3 Å². The Bertz CT molecular complexity index is 663. The minimum atomic E-state index is -3.63. The fourth-order valence-corrected chi connectivity index (χ4v) is 7.21. The second kappa shape index (κ2) is 5.61. The summed E-state index contributed by atoms with van der Waals surface area (Å²) < 4.78 is 49.6. The van der Waals surface area contributed by atoms with E-state index in [0.717, 1.165) is 11.3 Å². The van der Waals surface area contributed by atoms with Crippen molar-refractivity contribution < 1.29 is 16.8 Å². The predicted molar refractivity (Wildman–Crippen MR) is 79.0 cm³/mol.